The highest BCUT2D eigenvalue weighted by atomic mass is 16.5. The first-order valence-corrected chi connectivity index (χ1v) is 6.45. The Morgan fingerprint density at radius 1 is 1.55 bits per heavy atom. The summed E-state index contributed by atoms with van der Waals surface area (Å²) in [5.74, 6) is -0.364. The van der Waals surface area contributed by atoms with Crippen LogP contribution in [0.2, 0.25) is 0 Å². The zero-order valence-corrected chi connectivity index (χ0v) is 11.2. The predicted molar refractivity (Wildman–Crippen MR) is 76.3 cm³/mol. The summed E-state index contributed by atoms with van der Waals surface area (Å²) >= 11 is 0. The molecule has 0 saturated heterocycles. The summed E-state index contributed by atoms with van der Waals surface area (Å²) in [6.45, 7) is 3.78. The highest BCUT2D eigenvalue weighted by molar-refractivity contribution is 5.82. The third-order valence-electron chi connectivity index (χ3n) is 3.57. The molecule has 0 aromatic heterocycles. The molecule has 0 aliphatic carbocycles. The largest absolute Gasteiger partial charge is 0.467 e. The van der Waals surface area contributed by atoms with E-state index in [-0.39, 0.29) is 12.0 Å². The van der Waals surface area contributed by atoms with E-state index in [1.165, 1.54) is 12.7 Å². The number of hydrogen-bond acceptors (Lipinski definition) is 5. The van der Waals surface area contributed by atoms with Crippen LogP contribution in [-0.4, -0.2) is 25.2 Å². The summed E-state index contributed by atoms with van der Waals surface area (Å²) < 4.78 is 4.77. The van der Waals surface area contributed by atoms with Gasteiger partial charge in [-0.25, -0.2) is 9.80 Å². The van der Waals surface area contributed by atoms with E-state index in [1.807, 2.05) is 30.4 Å². The molecule has 1 aromatic carbocycles. The summed E-state index contributed by atoms with van der Waals surface area (Å²) in [5.41, 5.74) is 3.25. The van der Waals surface area contributed by atoms with Gasteiger partial charge >= 0.3 is 5.97 Å². The van der Waals surface area contributed by atoms with Crippen LogP contribution in [0.15, 0.2) is 47.3 Å². The minimum atomic E-state index is -0.590. The van der Waals surface area contributed by atoms with Crippen LogP contribution in [-0.2, 0) is 16.0 Å². The average molecular weight is 269 g/mol. The van der Waals surface area contributed by atoms with Crippen LogP contribution < -0.4 is 5.01 Å². The zero-order chi connectivity index (χ0) is 14.1. The highest BCUT2D eigenvalue weighted by Gasteiger charge is 2.40. The summed E-state index contributed by atoms with van der Waals surface area (Å²) in [6, 6.07) is 5.24. The molecule has 2 heterocycles. The molecule has 3 rings (SSSR count). The normalized spacial score (nSPS) is 22.4. The number of esters is 1. The lowest BCUT2D eigenvalue weighted by Gasteiger charge is -2.28. The van der Waals surface area contributed by atoms with Gasteiger partial charge in [0.15, 0.2) is 6.04 Å². The van der Waals surface area contributed by atoms with Crippen molar-refractivity contribution in [3.63, 3.8) is 0 Å². The van der Waals surface area contributed by atoms with Crippen LogP contribution in [0.5, 0.6) is 0 Å². The topological polar surface area (TPSA) is 54.3 Å². The van der Waals surface area contributed by atoms with Crippen LogP contribution in [0.4, 0.5) is 5.69 Å². The maximum absolute atomic E-state index is 11.7. The van der Waals surface area contributed by atoms with E-state index >= 15 is 0 Å². The van der Waals surface area contributed by atoms with Crippen molar-refractivity contribution in [1.82, 2.24) is 0 Å². The Bertz CT molecular complexity index is 622. The Morgan fingerprint density at radius 2 is 2.40 bits per heavy atom. The number of rotatable bonds is 3. The van der Waals surface area contributed by atoms with Crippen molar-refractivity contribution in [3.8, 4) is 0 Å². The first-order chi connectivity index (χ1) is 9.76. The highest BCUT2D eigenvalue weighted by Crippen LogP contribution is 2.36. The molecular formula is C15H15N3O2. The number of benzene rings is 1. The molecule has 102 valence electrons. The molecule has 0 N–H and O–H groups in total. The van der Waals surface area contributed by atoms with E-state index < -0.39 is 6.04 Å². The third-order valence-corrected chi connectivity index (χ3v) is 3.57. The van der Waals surface area contributed by atoms with Crippen molar-refractivity contribution < 1.29 is 9.53 Å². The minimum Gasteiger partial charge on any atom is -0.467 e. The Morgan fingerprint density at radius 3 is 3.15 bits per heavy atom. The lowest BCUT2D eigenvalue weighted by Crippen LogP contribution is -2.39. The number of carbonyl (C=O) groups is 1. The molecule has 2 aliphatic heterocycles. The van der Waals surface area contributed by atoms with Gasteiger partial charge in [0, 0.05) is 5.56 Å². The second-order valence-corrected chi connectivity index (χ2v) is 4.71. The van der Waals surface area contributed by atoms with Crippen molar-refractivity contribution in [2.75, 3.05) is 12.1 Å². The molecule has 0 radical (unpaired) electrons. The molecule has 0 spiro atoms. The smallest absolute Gasteiger partial charge is 0.335 e. The summed E-state index contributed by atoms with van der Waals surface area (Å²) in [4.78, 5) is 11.7. The Balaban J connectivity index is 2.00. The number of allylic oxidation sites excluding steroid dienone is 1. The molecule has 1 aromatic rings. The molecule has 2 unspecified atom stereocenters. The number of methoxy groups -OCH3 is 1. The minimum absolute atomic E-state index is 0.200. The lowest BCUT2D eigenvalue weighted by atomic mass is 9.95. The van der Waals surface area contributed by atoms with E-state index in [0.29, 0.717) is 0 Å². The van der Waals surface area contributed by atoms with Gasteiger partial charge in [-0.1, -0.05) is 35.6 Å². The van der Waals surface area contributed by atoms with Crippen LogP contribution in [0.25, 0.3) is 6.08 Å². The second-order valence-electron chi connectivity index (χ2n) is 4.71. The number of ether oxygens (including phenoxy) is 1. The Labute approximate surface area is 117 Å². The Hall–Kier alpha value is -2.43. The Kier molecular flexibility index (Phi) is 3.10. The van der Waals surface area contributed by atoms with Gasteiger partial charge in [0.2, 0.25) is 0 Å². The van der Waals surface area contributed by atoms with Crippen molar-refractivity contribution in [3.05, 3.63) is 48.1 Å². The van der Waals surface area contributed by atoms with E-state index in [9.17, 15) is 4.79 Å². The van der Waals surface area contributed by atoms with E-state index in [2.05, 4.69) is 23.0 Å². The molecule has 0 saturated carbocycles. The summed E-state index contributed by atoms with van der Waals surface area (Å²) in [7, 11) is 1.36. The van der Waals surface area contributed by atoms with Crippen molar-refractivity contribution >= 4 is 17.7 Å². The number of nitrogens with zero attached hydrogens (tertiary/aromatic N) is 3. The van der Waals surface area contributed by atoms with Gasteiger partial charge in [-0.3, -0.25) is 0 Å². The fraction of sp³-hybridized carbons (Fsp3) is 0.267. The maximum Gasteiger partial charge on any atom is 0.335 e. The average Bonchev–Trinajstić information content (AvgIpc) is 2.91. The monoisotopic (exact) mass is 269 g/mol. The van der Waals surface area contributed by atoms with Crippen LogP contribution in [0.3, 0.4) is 0 Å². The molecule has 5 heteroatoms. The predicted octanol–water partition coefficient (Wildman–Crippen LogP) is 2.54. The first-order valence-electron chi connectivity index (χ1n) is 6.45. The van der Waals surface area contributed by atoms with Crippen molar-refractivity contribution in [2.45, 2.75) is 18.5 Å². The lowest BCUT2D eigenvalue weighted by molar-refractivity contribution is -0.142. The van der Waals surface area contributed by atoms with Crippen molar-refractivity contribution in [1.29, 1.82) is 0 Å². The van der Waals surface area contributed by atoms with Gasteiger partial charge in [-0.05, 0) is 18.1 Å². The second kappa shape index (κ2) is 4.92. The molecular weight excluding hydrogens is 254 g/mol. The van der Waals surface area contributed by atoms with Crippen molar-refractivity contribution in [2.24, 2.45) is 10.3 Å². The van der Waals surface area contributed by atoms with Gasteiger partial charge < -0.3 is 4.74 Å². The van der Waals surface area contributed by atoms with E-state index in [0.717, 1.165) is 17.7 Å². The van der Waals surface area contributed by atoms with Gasteiger partial charge in [-0.15, -0.1) is 6.58 Å². The molecule has 2 aliphatic rings. The van der Waals surface area contributed by atoms with Crippen LogP contribution in [0, 0.1) is 0 Å². The van der Waals surface area contributed by atoms with E-state index in [1.54, 1.807) is 5.01 Å². The van der Waals surface area contributed by atoms with Gasteiger partial charge in [0.1, 0.15) is 6.04 Å². The zero-order valence-electron chi connectivity index (χ0n) is 11.2. The summed E-state index contributed by atoms with van der Waals surface area (Å²) in [5, 5.41) is 9.94. The fourth-order valence-corrected chi connectivity index (χ4v) is 2.60. The van der Waals surface area contributed by atoms with Gasteiger partial charge in [0.25, 0.3) is 0 Å². The first kappa shape index (κ1) is 12.6. The number of carbonyl (C=O) groups excluding carboxylic acids is 1. The third kappa shape index (κ3) is 1.82. The van der Waals surface area contributed by atoms with Crippen LogP contribution in [0.1, 0.15) is 11.1 Å². The molecule has 5 nitrogen and oxygen atoms in total. The molecule has 0 fully saturated rings. The van der Waals surface area contributed by atoms with Gasteiger partial charge in [-0.2, -0.15) is 5.11 Å². The maximum atomic E-state index is 11.7. The quantitative estimate of drug-likeness (QED) is 0.626. The summed E-state index contributed by atoms with van der Waals surface area (Å²) in [6.07, 6.45) is 6.65. The molecule has 20 heavy (non-hydrogen) atoms. The van der Waals surface area contributed by atoms with Crippen LogP contribution >= 0.6 is 0 Å². The number of anilines is 1. The number of hydrogen-bond donors (Lipinski definition) is 0. The fourth-order valence-electron chi connectivity index (χ4n) is 2.60. The molecule has 0 amide bonds. The standard InChI is InChI=1S/C15H15N3O2/c1-3-5-10-6-4-7-12-11(10)8-9-13-14(15(19)20-2)16-17-18(12)13/h3-4,6-9,13-14H,1,5H2,2H3. The van der Waals surface area contributed by atoms with Gasteiger partial charge in [0.05, 0.1) is 12.8 Å². The SMILES string of the molecule is C=CCc1cccc2c1C=CC1C(C(=O)OC)N=NN21. The molecule has 0 bridgehead atoms. The molecule has 2 atom stereocenters. The van der Waals surface area contributed by atoms with E-state index in [4.69, 9.17) is 4.74 Å². The number of fused-ring (bicyclic) bond motifs is 3.